The summed E-state index contributed by atoms with van der Waals surface area (Å²) in [4.78, 5) is 40.7. The number of para-hydroxylation sites is 1. The number of carbonyl (C=O) groups excluding carboxylic acids is 3. The number of nitrogens with one attached hydrogen (secondary N) is 3. The van der Waals surface area contributed by atoms with Crippen LogP contribution in [0.25, 0.3) is 0 Å². The number of hydrogen-bond donors (Lipinski definition) is 3. The van der Waals surface area contributed by atoms with Gasteiger partial charge < -0.3 is 10.2 Å². The Balaban J connectivity index is 1.30. The van der Waals surface area contributed by atoms with Gasteiger partial charge in [0.15, 0.2) is 0 Å². The lowest BCUT2D eigenvalue weighted by Gasteiger charge is -2.36. The molecule has 8 nitrogen and oxygen atoms in total. The number of carbonyl (C=O) groups is 3. The van der Waals surface area contributed by atoms with Gasteiger partial charge in [0.1, 0.15) is 0 Å². The quantitative estimate of drug-likeness (QED) is 0.570. The molecule has 1 fully saturated rings. The summed E-state index contributed by atoms with van der Waals surface area (Å²) in [6.07, 6.45) is 0.292. The van der Waals surface area contributed by atoms with E-state index in [0.717, 1.165) is 37.3 Å². The molecule has 1 aliphatic rings. The van der Waals surface area contributed by atoms with Crippen molar-refractivity contribution in [3.8, 4) is 0 Å². The van der Waals surface area contributed by atoms with Crippen LogP contribution in [0.5, 0.6) is 0 Å². The molecule has 3 amide bonds. The molecule has 1 saturated heterocycles. The lowest BCUT2D eigenvalue weighted by molar-refractivity contribution is -0.128. The van der Waals surface area contributed by atoms with Crippen LogP contribution in [0.2, 0.25) is 0 Å². The average molecular weight is 438 g/mol. The molecule has 0 aromatic heterocycles. The minimum Gasteiger partial charge on any atom is -0.369 e. The van der Waals surface area contributed by atoms with Gasteiger partial charge in [0, 0.05) is 50.4 Å². The predicted octanol–water partition coefficient (Wildman–Crippen LogP) is 1.39. The fourth-order valence-corrected chi connectivity index (χ4v) is 3.52. The van der Waals surface area contributed by atoms with Crippen LogP contribution >= 0.6 is 0 Å². The third-order valence-corrected chi connectivity index (χ3v) is 5.67. The fourth-order valence-electron chi connectivity index (χ4n) is 3.52. The Kier molecular flexibility index (Phi) is 8.21. The molecule has 8 heteroatoms. The third kappa shape index (κ3) is 6.81. The molecule has 2 aromatic rings. The Morgan fingerprint density at radius 2 is 1.53 bits per heavy atom. The first-order valence-corrected chi connectivity index (χ1v) is 10.9. The SMILES string of the molecule is Cc1ccc(C(=O)NCC(=O)NNC(=O)CCN2CCN(c3ccccc3)CC2)cc1C. The van der Waals surface area contributed by atoms with Crippen molar-refractivity contribution >= 4 is 23.4 Å². The van der Waals surface area contributed by atoms with Crippen molar-refractivity contribution in [2.45, 2.75) is 20.3 Å². The van der Waals surface area contributed by atoms with E-state index in [2.05, 4.69) is 38.1 Å². The van der Waals surface area contributed by atoms with Gasteiger partial charge in [-0.15, -0.1) is 0 Å². The molecule has 0 radical (unpaired) electrons. The van der Waals surface area contributed by atoms with Gasteiger partial charge in [0.2, 0.25) is 5.91 Å². The highest BCUT2D eigenvalue weighted by Crippen LogP contribution is 2.15. The van der Waals surface area contributed by atoms with Gasteiger partial charge >= 0.3 is 0 Å². The van der Waals surface area contributed by atoms with E-state index in [-0.39, 0.29) is 18.4 Å². The first-order valence-electron chi connectivity index (χ1n) is 10.9. The molecular weight excluding hydrogens is 406 g/mol. The summed E-state index contributed by atoms with van der Waals surface area (Å²) < 4.78 is 0. The minimum atomic E-state index is -0.480. The second-order valence-electron chi connectivity index (χ2n) is 7.99. The summed E-state index contributed by atoms with van der Waals surface area (Å²) >= 11 is 0. The maximum absolute atomic E-state index is 12.2. The van der Waals surface area contributed by atoms with Crippen LogP contribution in [0.1, 0.15) is 27.9 Å². The maximum Gasteiger partial charge on any atom is 0.257 e. The van der Waals surface area contributed by atoms with E-state index in [4.69, 9.17) is 0 Å². The van der Waals surface area contributed by atoms with Crippen molar-refractivity contribution < 1.29 is 14.4 Å². The largest absolute Gasteiger partial charge is 0.369 e. The van der Waals surface area contributed by atoms with E-state index in [0.29, 0.717) is 18.5 Å². The number of aryl methyl sites for hydroxylation is 2. The second kappa shape index (κ2) is 11.3. The third-order valence-electron chi connectivity index (χ3n) is 5.67. The summed E-state index contributed by atoms with van der Waals surface area (Å²) in [6, 6.07) is 15.7. The van der Waals surface area contributed by atoms with Crippen LogP contribution in [0, 0.1) is 13.8 Å². The van der Waals surface area contributed by atoms with E-state index >= 15 is 0 Å². The fraction of sp³-hybridized carbons (Fsp3) is 0.375. The molecule has 0 aliphatic carbocycles. The lowest BCUT2D eigenvalue weighted by atomic mass is 10.1. The molecule has 170 valence electrons. The standard InChI is InChI=1S/C24H31N5O3/c1-18-8-9-20(16-19(18)2)24(32)25-17-23(31)27-26-22(30)10-11-28-12-14-29(15-13-28)21-6-4-3-5-7-21/h3-9,16H,10-15,17H2,1-2H3,(H,25,32)(H,26,30)(H,27,31). The van der Waals surface area contributed by atoms with Crippen LogP contribution in [-0.4, -0.2) is 61.9 Å². The molecule has 2 aromatic carbocycles. The van der Waals surface area contributed by atoms with Gasteiger partial charge in [-0.25, -0.2) is 0 Å². The second-order valence-corrected chi connectivity index (χ2v) is 7.99. The van der Waals surface area contributed by atoms with Gasteiger partial charge in [0.25, 0.3) is 11.8 Å². The number of hydrazine groups is 1. The molecule has 1 aliphatic heterocycles. The maximum atomic E-state index is 12.2. The van der Waals surface area contributed by atoms with Gasteiger partial charge in [-0.05, 0) is 49.2 Å². The predicted molar refractivity (Wildman–Crippen MR) is 124 cm³/mol. The molecule has 0 unspecified atom stereocenters. The van der Waals surface area contributed by atoms with E-state index in [1.165, 1.54) is 5.69 Å². The van der Waals surface area contributed by atoms with Crippen LogP contribution < -0.4 is 21.1 Å². The van der Waals surface area contributed by atoms with Crippen molar-refractivity contribution in [2.75, 3.05) is 44.2 Å². The minimum absolute atomic E-state index is 0.215. The number of piperazine rings is 1. The Hall–Kier alpha value is -3.39. The molecule has 32 heavy (non-hydrogen) atoms. The smallest absolute Gasteiger partial charge is 0.257 e. The Morgan fingerprint density at radius 3 is 2.22 bits per heavy atom. The summed E-state index contributed by atoms with van der Waals surface area (Å²) in [6.45, 7) is 7.93. The van der Waals surface area contributed by atoms with Gasteiger partial charge in [-0.3, -0.25) is 30.1 Å². The number of benzene rings is 2. The number of nitrogens with zero attached hydrogens (tertiary/aromatic N) is 2. The Labute approximate surface area is 188 Å². The highest BCUT2D eigenvalue weighted by Gasteiger charge is 2.18. The van der Waals surface area contributed by atoms with Crippen molar-refractivity contribution in [3.05, 3.63) is 65.2 Å². The summed E-state index contributed by atoms with van der Waals surface area (Å²) in [5, 5.41) is 2.56. The van der Waals surface area contributed by atoms with Crippen LogP contribution in [0.3, 0.4) is 0 Å². The number of anilines is 1. The van der Waals surface area contributed by atoms with Crippen molar-refractivity contribution in [1.82, 2.24) is 21.1 Å². The van der Waals surface area contributed by atoms with Crippen molar-refractivity contribution in [2.24, 2.45) is 0 Å². The summed E-state index contributed by atoms with van der Waals surface area (Å²) in [5.74, 6) is -1.07. The number of rotatable bonds is 7. The van der Waals surface area contributed by atoms with Crippen LogP contribution in [0.15, 0.2) is 48.5 Å². The van der Waals surface area contributed by atoms with E-state index in [9.17, 15) is 14.4 Å². The average Bonchev–Trinajstić information content (AvgIpc) is 2.82. The summed E-state index contributed by atoms with van der Waals surface area (Å²) in [5.41, 5.74) is 8.58. The zero-order chi connectivity index (χ0) is 22.9. The Bertz CT molecular complexity index is 940. The normalized spacial score (nSPS) is 14.0. The van der Waals surface area contributed by atoms with Crippen molar-refractivity contribution in [1.29, 1.82) is 0 Å². The number of amides is 3. The van der Waals surface area contributed by atoms with E-state index in [1.54, 1.807) is 12.1 Å². The monoisotopic (exact) mass is 437 g/mol. The highest BCUT2D eigenvalue weighted by molar-refractivity contribution is 5.96. The molecule has 0 bridgehead atoms. The van der Waals surface area contributed by atoms with Gasteiger partial charge in [-0.1, -0.05) is 24.3 Å². The van der Waals surface area contributed by atoms with Gasteiger partial charge in [0.05, 0.1) is 6.54 Å². The van der Waals surface area contributed by atoms with Gasteiger partial charge in [-0.2, -0.15) is 0 Å². The molecule has 3 rings (SSSR count). The molecule has 3 N–H and O–H groups in total. The van der Waals surface area contributed by atoms with Crippen molar-refractivity contribution in [3.63, 3.8) is 0 Å². The zero-order valence-corrected chi connectivity index (χ0v) is 18.7. The highest BCUT2D eigenvalue weighted by atomic mass is 16.2. The molecule has 1 heterocycles. The van der Waals surface area contributed by atoms with Crippen LogP contribution in [0.4, 0.5) is 5.69 Å². The molecule has 0 atom stereocenters. The Morgan fingerprint density at radius 1 is 0.844 bits per heavy atom. The topological polar surface area (TPSA) is 93.8 Å². The molecule has 0 saturated carbocycles. The number of hydrogen-bond acceptors (Lipinski definition) is 5. The first-order chi connectivity index (χ1) is 15.4. The van der Waals surface area contributed by atoms with Crippen LogP contribution in [-0.2, 0) is 9.59 Å². The molecular formula is C24H31N5O3. The zero-order valence-electron chi connectivity index (χ0n) is 18.7. The van der Waals surface area contributed by atoms with E-state index in [1.807, 2.05) is 38.1 Å². The first kappa shape index (κ1) is 23.3. The lowest BCUT2D eigenvalue weighted by Crippen LogP contribution is -2.49. The summed E-state index contributed by atoms with van der Waals surface area (Å²) in [7, 11) is 0. The van der Waals surface area contributed by atoms with E-state index < -0.39 is 5.91 Å². The molecule has 0 spiro atoms.